The Morgan fingerprint density at radius 3 is 2.13 bits per heavy atom. The second-order valence-corrected chi connectivity index (χ2v) is 12.0. The first-order valence-electron chi connectivity index (χ1n) is 14.5. The summed E-state index contributed by atoms with van der Waals surface area (Å²) in [4.78, 5) is 0. The van der Waals surface area contributed by atoms with Crippen molar-refractivity contribution < 1.29 is 0 Å². The van der Waals surface area contributed by atoms with Crippen LogP contribution < -0.4 is 0 Å². The summed E-state index contributed by atoms with van der Waals surface area (Å²) >= 11 is 0. The van der Waals surface area contributed by atoms with Crippen LogP contribution in [0.15, 0.2) is 0 Å². The van der Waals surface area contributed by atoms with E-state index in [0.29, 0.717) is 0 Å². The van der Waals surface area contributed by atoms with Crippen molar-refractivity contribution in [3.8, 4) is 0 Å². The second-order valence-electron chi connectivity index (χ2n) is 12.0. The first-order valence-corrected chi connectivity index (χ1v) is 14.5. The molecule has 2 fully saturated rings. The summed E-state index contributed by atoms with van der Waals surface area (Å²) in [5.41, 5.74) is 0. The van der Waals surface area contributed by atoms with Gasteiger partial charge in [0.05, 0.1) is 0 Å². The molecule has 0 nitrogen and oxygen atoms in total. The molecule has 0 aromatic heterocycles. The second kappa shape index (κ2) is 14.9. The molecule has 0 saturated heterocycles. The van der Waals surface area contributed by atoms with Gasteiger partial charge in [-0.1, -0.05) is 125 Å². The maximum Gasteiger partial charge on any atom is -0.0360 e. The van der Waals surface area contributed by atoms with E-state index in [1.54, 1.807) is 6.42 Å². The van der Waals surface area contributed by atoms with Crippen LogP contribution in [0.1, 0.15) is 150 Å². The van der Waals surface area contributed by atoms with Gasteiger partial charge in [-0.25, -0.2) is 0 Å². The van der Waals surface area contributed by atoms with E-state index in [1.807, 2.05) is 0 Å². The van der Waals surface area contributed by atoms with E-state index < -0.39 is 0 Å². The standard InChI is InChI=1S/C30H58/c1-6-8-9-10-11-12-13-17-28-18-15-14-16-24(3)21-26(5)30(28)20-19-25(4)22-29-23-27(29)7-2/h24-30H,6-23H2,1-5H3. The molecule has 0 aromatic rings. The molecule has 7 atom stereocenters. The lowest BCUT2D eigenvalue weighted by molar-refractivity contribution is 0.169. The fourth-order valence-electron chi connectivity index (χ4n) is 6.96. The molecule has 0 bridgehead atoms. The lowest BCUT2D eigenvalue weighted by Crippen LogP contribution is -2.24. The average Bonchev–Trinajstić information content (AvgIpc) is 3.46. The molecule has 0 aliphatic heterocycles. The highest BCUT2D eigenvalue weighted by molar-refractivity contribution is 4.86. The quantitative estimate of drug-likeness (QED) is 0.246. The predicted molar refractivity (Wildman–Crippen MR) is 136 cm³/mol. The Morgan fingerprint density at radius 1 is 0.733 bits per heavy atom. The maximum absolute atomic E-state index is 2.63. The highest BCUT2D eigenvalue weighted by Gasteiger charge is 2.36. The third-order valence-electron chi connectivity index (χ3n) is 9.10. The molecule has 0 heteroatoms. The van der Waals surface area contributed by atoms with Crippen molar-refractivity contribution in [1.82, 2.24) is 0 Å². The maximum atomic E-state index is 2.63. The minimum atomic E-state index is 0.948. The third-order valence-corrected chi connectivity index (χ3v) is 9.10. The van der Waals surface area contributed by atoms with E-state index in [4.69, 9.17) is 0 Å². The first kappa shape index (κ1) is 26.3. The van der Waals surface area contributed by atoms with Gasteiger partial charge in [0.1, 0.15) is 0 Å². The number of hydrogen-bond donors (Lipinski definition) is 0. The van der Waals surface area contributed by atoms with Crippen LogP contribution in [0.5, 0.6) is 0 Å². The Morgan fingerprint density at radius 2 is 1.43 bits per heavy atom. The van der Waals surface area contributed by atoms with Gasteiger partial charge in [0.25, 0.3) is 0 Å². The molecular weight excluding hydrogens is 360 g/mol. The van der Waals surface area contributed by atoms with Gasteiger partial charge in [-0.2, -0.15) is 0 Å². The zero-order chi connectivity index (χ0) is 21.8. The Labute approximate surface area is 191 Å². The molecule has 7 unspecified atom stereocenters. The molecule has 178 valence electrons. The first-order chi connectivity index (χ1) is 14.5. The van der Waals surface area contributed by atoms with Crippen molar-refractivity contribution >= 4 is 0 Å². The van der Waals surface area contributed by atoms with Gasteiger partial charge in [-0.15, -0.1) is 0 Å². The predicted octanol–water partition coefficient (Wildman–Crippen LogP) is 10.4. The summed E-state index contributed by atoms with van der Waals surface area (Å²) in [6.45, 7) is 12.4. The fraction of sp³-hybridized carbons (Fsp3) is 1.00. The van der Waals surface area contributed by atoms with Gasteiger partial charge in [0.2, 0.25) is 0 Å². The lowest BCUT2D eigenvalue weighted by atomic mass is 9.72. The van der Waals surface area contributed by atoms with Gasteiger partial charge >= 0.3 is 0 Å². The molecule has 0 radical (unpaired) electrons. The van der Waals surface area contributed by atoms with Crippen molar-refractivity contribution in [1.29, 1.82) is 0 Å². The highest BCUT2D eigenvalue weighted by atomic mass is 14.4. The topological polar surface area (TPSA) is 0 Å². The minimum absolute atomic E-state index is 0.948. The van der Waals surface area contributed by atoms with Crippen molar-refractivity contribution in [3.05, 3.63) is 0 Å². The monoisotopic (exact) mass is 418 g/mol. The van der Waals surface area contributed by atoms with E-state index >= 15 is 0 Å². The van der Waals surface area contributed by atoms with Gasteiger partial charge in [0.15, 0.2) is 0 Å². The van der Waals surface area contributed by atoms with Gasteiger partial charge in [-0.3, -0.25) is 0 Å². The number of hydrogen-bond acceptors (Lipinski definition) is 0. The average molecular weight is 419 g/mol. The fourth-order valence-corrected chi connectivity index (χ4v) is 6.96. The summed E-state index contributed by atoms with van der Waals surface area (Å²) in [5.74, 6) is 7.07. The molecule has 0 spiro atoms. The molecule has 30 heavy (non-hydrogen) atoms. The van der Waals surface area contributed by atoms with Crippen LogP contribution in [0, 0.1) is 41.4 Å². The van der Waals surface area contributed by atoms with Crippen LogP contribution in [0.4, 0.5) is 0 Å². The molecule has 2 aliphatic rings. The molecular formula is C30H58. The Bertz CT molecular complexity index is 412. The summed E-state index contributed by atoms with van der Waals surface area (Å²) in [6, 6.07) is 0. The van der Waals surface area contributed by atoms with Crippen LogP contribution in [0.25, 0.3) is 0 Å². The summed E-state index contributed by atoms with van der Waals surface area (Å²) < 4.78 is 0. The number of unbranched alkanes of at least 4 members (excludes halogenated alkanes) is 6. The van der Waals surface area contributed by atoms with Crippen LogP contribution in [-0.4, -0.2) is 0 Å². The van der Waals surface area contributed by atoms with E-state index in [0.717, 1.165) is 41.4 Å². The SMILES string of the molecule is CCCCCCCCCC1CCCCC(C)CC(C)C1CCC(C)CC1CC1CC. The van der Waals surface area contributed by atoms with E-state index in [9.17, 15) is 0 Å². The minimum Gasteiger partial charge on any atom is -0.0654 e. The highest BCUT2D eigenvalue weighted by Crippen LogP contribution is 2.46. The Kier molecular flexibility index (Phi) is 13.1. The molecule has 0 amide bonds. The van der Waals surface area contributed by atoms with Gasteiger partial charge < -0.3 is 0 Å². The van der Waals surface area contributed by atoms with E-state index in [2.05, 4.69) is 34.6 Å². The van der Waals surface area contributed by atoms with Crippen molar-refractivity contribution in [2.75, 3.05) is 0 Å². The largest absolute Gasteiger partial charge is 0.0654 e. The molecule has 0 heterocycles. The van der Waals surface area contributed by atoms with Gasteiger partial charge in [-0.05, 0) is 67.1 Å². The normalized spacial score (nSPS) is 33.5. The molecule has 2 saturated carbocycles. The molecule has 0 aromatic carbocycles. The van der Waals surface area contributed by atoms with Crippen molar-refractivity contribution in [2.24, 2.45) is 41.4 Å². The summed E-state index contributed by atoms with van der Waals surface area (Å²) in [6.07, 6.45) is 26.8. The van der Waals surface area contributed by atoms with E-state index in [1.165, 1.54) is 109 Å². The smallest absolute Gasteiger partial charge is 0.0360 e. The molecule has 2 aliphatic carbocycles. The van der Waals surface area contributed by atoms with Crippen LogP contribution in [-0.2, 0) is 0 Å². The lowest BCUT2D eigenvalue weighted by Gasteiger charge is -2.33. The van der Waals surface area contributed by atoms with Gasteiger partial charge in [0, 0.05) is 0 Å². The van der Waals surface area contributed by atoms with Crippen LogP contribution in [0.2, 0.25) is 0 Å². The Balaban J connectivity index is 1.82. The zero-order valence-electron chi connectivity index (χ0n) is 21.8. The number of rotatable bonds is 14. The van der Waals surface area contributed by atoms with Crippen molar-refractivity contribution in [3.63, 3.8) is 0 Å². The van der Waals surface area contributed by atoms with E-state index in [-0.39, 0.29) is 0 Å². The Hall–Kier alpha value is 0. The van der Waals surface area contributed by atoms with Crippen molar-refractivity contribution in [2.45, 2.75) is 150 Å². The summed E-state index contributed by atoms with van der Waals surface area (Å²) in [7, 11) is 0. The molecule has 0 N–H and O–H groups in total. The molecule has 2 rings (SSSR count). The van der Waals surface area contributed by atoms with Crippen LogP contribution >= 0.6 is 0 Å². The van der Waals surface area contributed by atoms with Crippen LogP contribution in [0.3, 0.4) is 0 Å². The zero-order valence-corrected chi connectivity index (χ0v) is 21.8. The summed E-state index contributed by atoms with van der Waals surface area (Å²) in [5, 5.41) is 0. The third kappa shape index (κ3) is 10.1.